The van der Waals surface area contributed by atoms with Crippen LogP contribution < -0.4 is 10.2 Å². The molecule has 0 aliphatic carbocycles. The number of rotatable bonds is 4. The Morgan fingerprint density at radius 1 is 1.29 bits per heavy atom. The van der Waals surface area contributed by atoms with Crippen LogP contribution in [-0.2, 0) is 17.9 Å². The lowest BCUT2D eigenvalue weighted by atomic mass is 10.2. The summed E-state index contributed by atoms with van der Waals surface area (Å²) in [6, 6.07) is 10.9. The van der Waals surface area contributed by atoms with Gasteiger partial charge in [0.25, 0.3) is 11.8 Å². The molecule has 1 aliphatic rings. The highest BCUT2D eigenvalue weighted by Gasteiger charge is 2.31. The third-order valence-corrected chi connectivity index (χ3v) is 4.95. The number of aryl methyl sites for hydroxylation is 1. The normalized spacial score (nSPS) is 16.6. The second-order valence-electron chi connectivity index (χ2n) is 6.51. The van der Waals surface area contributed by atoms with Gasteiger partial charge in [0, 0.05) is 19.7 Å². The highest BCUT2D eigenvalue weighted by molar-refractivity contribution is 9.10. The number of nitrogens with zero attached hydrogens (tertiary/aromatic N) is 6. The second kappa shape index (κ2) is 7.55. The average molecular weight is 444 g/mol. The first-order chi connectivity index (χ1) is 13.5. The van der Waals surface area contributed by atoms with E-state index in [0.29, 0.717) is 29.9 Å². The third kappa shape index (κ3) is 3.68. The number of hydrogen-bond donors (Lipinski definition) is 1. The summed E-state index contributed by atoms with van der Waals surface area (Å²) in [5, 5.41) is 11.3. The Kier molecular flexibility index (Phi) is 4.95. The molecule has 1 atom stereocenters. The van der Waals surface area contributed by atoms with Crippen molar-refractivity contribution < 1.29 is 9.59 Å². The molecule has 2 aromatic heterocycles. The number of aromatic nitrogens is 5. The van der Waals surface area contributed by atoms with Crippen molar-refractivity contribution in [3.05, 3.63) is 58.7 Å². The maximum atomic E-state index is 12.7. The molecular formula is C18H18BrN7O2. The number of carbonyl (C=O) groups is 2. The Bertz CT molecular complexity index is 1010. The lowest BCUT2D eigenvalue weighted by molar-refractivity contribution is -0.120. The Morgan fingerprint density at radius 2 is 2.07 bits per heavy atom. The van der Waals surface area contributed by atoms with Crippen molar-refractivity contribution in [3.8, 4) is 0 Å². The summed E-state index contributed by atoms with van der Waals surface area (Å²) in [5.41, 5.74) is 1.06. The number of fused-ring (bicyclic) bond motifs is 1. The van der Waals surface area contributed by atoms with Crippen LogP contribution in [0, 0.1) is 0 Å². The van der Waals surface area contributed by atoms with Gasteiger partial charge < -0.3 is 5.32 Å². The molecule has 1 aliphatic heterocycles. The van der Waals surface area contributed by atoms with Crippen molar-refractivity contribution in [2.45, 2.75) is 25.6 Å². The molecule has 1 aromatic carbocycles. The molecule has 4 rings (SSSR count). The fourth-order valence-corrected chi connectivity index (χ4v) is 3.53. The molecule has 3 heterocycles. The molecule has 0 saturated carbocycles. The van der Waals surface area contributed by atoms with E-state index in [2.05, 4.69) is 36.4 Å². The van der Waals surface area contributed by atoms with Crippen molar-refractivity contribution in [2.75, 3.05) is 11.9 Å². The van der Waals surface area contributed by atoms with Gasteiger partial charge in [0.1, 0.15) is 22.8 Å². The van der Waals surface area contributed by atoms with Crippen LogP contribution in [0.5, 0.6) is 0 Å². The number of nitrogens with one attached hydrogen (secondary N) is 1. The summed E-state index contributed by atoms with van der Waals surface area (Å²) < 4.78 is 4.00. The highest BCUT2D eigenvalue weighted by Crippen LogP contribution is 2.23. The maximum absolute atomic E-state index is 12.7. The molecule has 0 spiro atoms. The third-order valence-electron chi connectivity index (χ3n) is 4.56. The van der Waals surface area contributed by atoms with Gasteiger partial charge in [-0.05, 0) is 27.9 Å². The van der Waals surface area contributed by atoms with Crippen molar-refractivity contribution in [1.29, 1.82) is 0 Å². The van der Waals surface area contributed by atoms with Crippen LogP contribution in [0.3, 0.4) is 0 Å². The van der Waals surface area contributed by atoms with Crippen molar-refractivity contribution in [2.24, 2.45) is 0 Å². The lowest BCUT2D eigenvalue weighted by Gasteiger charge is -2.19. The van der Waals surface area contributed by atoms with Crippen LogP contribution >= 0.6 is 15.9 Å². The first-order valence-corrected chi connectivity index (χ1v) is 9.56. The minimum Gasteiger partial charge on any atom is -0.337 e. The summed E-state index contributed by atoms with van der Waals surface area (Å²) in [4.78, 5) is 30.9. The zero-order valence-corrected chi connectivity index (χ0v) is 16.7. The van der Waals surface area contributed by atoms with Gasteiger partial charge in [-0.1, -0.05) is 30.3 Å². The maximum Gasteiger partial charge on any atom is 0.291 e. The summed E-state index contributed by atoms with van der Waals surface area (Å²) >= 11 is 3.32. The summed E-state index contributed by atoms with van der Waals surface area (Å²) in [6.45, 7) is 1.03. The Labute approximate surface area is 169 Å². The monoisotopic (exact) mass is 443 g/mol. The minimum absolute atomic E-state index is 0.0381. The largest absolute Gasteiger partial charge is 0.337 e. The lowest BCUT2D eigenvalue weighted by Crippen LogP contribution is -2.47. The van der Waals surface area contributed by atoms with E-state index in [1.807, 2.05) is 30.3 Å². The molecule has 0 radical (unpaired) electrons. The fraction of sp³-hybridized carbons (Fsp3) is 0.278. The molecule has 0 saturated heterocycles. The number of anilines is 1. The van der Waals surface area contributed by atoms with E-state index in [1.54, 1.807) is 22.5 Å². The SMILES string of the molecule is CN1C(=O)C(NC(=O)c2ncn(Cc3ccccc3)n2)CCn2nc(Br)cc21. The van der Waals surface area contributed by atoms with Gasteiger partial charge in [-0.15, -0.1) is 5.10 Å². The molecule has 1 N–H and O–H groups in total. The first kappa shape index (κ1) is 18.4. The molecule has 10 heteroatoms. The summed E-state index contributed by atoms with van der Waals surface area (Å²) in [5.74, 6) is 0.0394. The summed E-state index contributed by atoms with van der Waals surface area (Å²) in [7, 11) is 1.67. The molecule has 3 aromatic rings. The van der Waals surface area contributed by atoms with Gasteiger partial charge >= 0.3 is 0 Å². The Hall–Kier alpha value is -3.01. The number of hydrogen-bond acceptors (Lipinski definition) is 5. The van der Waals surface area contributed by atoms with Gasteiger partial charge in [0.15, 0.2) is 0 Å². The number of amides is 2. The predicted octanol–water partition coefficient (Wildman–Crippen LogP) is 1.45. The fourth-order valence-electron chi connectivity index (χ4n) is 3.13. The molecule has 9 nitrogen and oxygen atoms in total. The Morgan fingerprint density at radius 3 is 2.86 bits per heavy atom. The quantitative estimate of drug-likeness (QED) is 0.657. The second-order valence-corrected chi connectivity index (χ2v) is 7.32. The van der Waals surface area contributed by atoms with Crippen LogP contribution in [0.25, 0.3) is 0 Å². The van der Waals surface area contributed by atoms with Crippen LogP contribution in [0.2, 0.25) is 0 Å². The number of benzene rings is 1. The van der Waals surface area contributed by atoms with Gasteiger partial charge in [-0.2, -0.15) is 5.10 Å². The van der Waals surface area contributed by atoms with Gasteiger partial charge in [0.2, 0.25) is 5.82 Å². The van der Waals surface area contributed by atoms with Crippen molar-refractivity contribution in [1.82, 2.24) is 29.9 Å². The Balaban J connectivity index is 1.44. The van der Waals surface area contributed by atoms with Crippen LogP contribution in [0.4, 0.5) is 5.82 Å². The first-order valence-electron chi connectivity index (χ1n) is 8.76. The average Bonchev–Trinajstić information content (AvgIpc) is 3.28. The van der Waals surface area contributed by atoms with Crippen molar-refractivity contribution in [3.63, 3.8) is 0 Å². The number of carbonyl (C=O) groups excluding carboxylic acids is 2. The highest BCUT2D eigenvalue weighted by atomic mass is 79.9. The molecule has 28 heavy (non-hydrogen) atoms. The van der Waals surface area contributed by atoms with E-state index in [4.69, 9.17) is 0 Å². The van der Waals surface area contributed by atoms with Crippen LogP contribution in [0.15, 0.2) is 47.3 Å². The topological polar surface area (TPSA) is 97.9 Å². The molecule has 0 fully saturated rings. The standard InChI is InChI=1S/C18H18BrN7O2/c1-24-15-9-14(19)22-26(15)8-7-13(18(24)28)21-17(27)16-20-11-25(23-16)10-12-5-3-2-4-6-12/h2-6,9,11,13H,7-8,10H2,1H3,(H,21,27). The van der Waals surface area contributed by atoms with Gasteiger partial charge in [-0.3, -0.25) is 14.5 Å². The number of halogens is 1. The predicted molar refractivity (Wildman–Crippen MR) is 105 cm³/mol. The molecule has 1 unspecified atom stereocenters. The minimum atomic E-state index is -0.668. The van der Waals surface area contributed by atoms with Crippen molar-refractivity contribution >= 4 is 33.6 Å². The zero-order chi connectivity index (χ0) is 19.7. The van der Waals surface area contributed by atoms with Gasteiger partial charge in [-0.25, -0.2) is 14.3 Å². The smallest absolute Gasteiger partial charge is 0.291 e. The molecule has 144 valence electrons. The zero-order valence-electron chi connectivity index (χ0n) is 15.1. The van der Waals surface area contributed by atoms with Crippen LogP contribution in [-0.4, -0.2) is 49.4 Å². The molecule has 2 amide bonds. The van der Waals surface area contributed by atoms with Crippen LogP contribution in [0.1, 0.15) is 22.6 Å². The van der Waals surface area contributed by atoms with E-state index < -0.39 is 11.9 Å². The molecule has 0 bridgehead atoms. The van der Waals surface area contributed by atoms with E-state index in [-0.39, 0.29) is 11.7 Å². The van der Waals surface area contributed by atoms with E-state index in [1.165, 1.54) is 11.2 Å². The van der Waals surface area contributed by atoms with E-state index in [0.717, 1.165) is 5.56 Å². The van der Waals surface area contributed by atoms with E-state index in [9.17, 15) is 9.59 Å². The van der Waals surface area contributed by atoms with Gasteiger partial charge in [0.05, 0.1) is 6.54 Å². The summed E-state index contributed by atoms with van der Waals surface area (Å²) in [6.07, 6.45) is 1.94. The number of likely N-dealkylation sites (N-methyl/N-ethyl adjacent to an activating group) is 1. The van der Waals surface area contributed by atoms with E-state index >= 15 is 0 Å². The molecular weight excluding hydrogens is 426 g/mol.